The molecule has 0 amide bonds. The summed E-state index contributed by atoms with van der Waals surface area (Å²) in [5.74, 6) is 0.927. The van der Waals surface area contributed by atoms with Crippen molar-refractivity contribution in [2.24, 2.45) is 0 Å². The van der Waals surface area contributed by atoms with Gasteiger partial charge in [0.25, 0.3) is 0 Å². The molecule has 1 N–H and O–H groups in total. The van der Waals surface area contributed by atoms with E-state index in [1.54, 1.807) is 7.11 Å². The van der Waals surface area contributed by atoms with Crippen LogP contribution in [0.2, 0.25) is 0 Å². The number of nitrogens with one attached hydrogen (secondary N) is 1. The van der Waals surface area contributed by atoms with Crippen molar-refractivity contribution in [3.63, 3.8) is 0 Å². The van der Waals surface area contributed by atoms with Crippen LogP contribution in [0.5, 0.6) is 5.75 Å². The Morgan fingerprint density at radius 3 is 2.38 bits per heavy atom. The van der Waals surface area contributed by atoms with Crippen molar-refractivity contribution >= 4 is 15.9 Å². The lowest BCUT2D eigenvalue weighted by atomic mass is 9.84. The van der Waals surface area contributed by atoms with Gasteiger partial charge in [-0.2, -0.15) is 0 Å². The second-order valence-corrected chi connectivity index (χ2v) is 6.12. The average molecular weight is 358 g/mol. The molecule has 0 fully saturated rings. The minimum absolute atomic E-state index is 0.142. The molecule has 1 aromatic rings. The fourth-order valence-corrected chi connectivity index (χ4v) is 3.42. The molecule has 4 heteroatoms. The van der Waals surface area contributed by atoms with Gasteiger partial charge in [-0.05, 0) is 57.0 Å². The molecule has 0 spiro atoms. The Morgan fingerprint density at radius 1 is 1.24 bits per heavy atom. The Bertz CT molecular complexity index is 433. The SMILES string of the molecule is CCOC(CC)(CC)C(Cc1cc(Br)ccc1OC)NC. The van der Waals surface area contributed by atoms with Crippen molar-refractivity contribution in [3.05, 3.63) is 28.2 Å². The van der Waals surface area contributed by atoms with Gasteiger partial charge in [0, 0.05) is 17.1 Å². The van der Waals surface area contributed by atoms with Crippen LogP contribution in [0.15, 0.2) is 22.7 Å². The number of ether oxygens (including phenoxy) is 2. The largest absolute Gasteiger partial charge is 0.496 e. The van der Waals surface area contributed by atoms with Crippen LogP contribution in [-0.4, -0.2) is 32.4 Å². The summed E-state index contributed by atoms with van der Waals surface area (Å²) in [6.07, 6.45) is 2.85. The summed E-state index contributed by atoms with van der Waals surface area (Å²) in [6.45, 7) is 7.19. The lowest BCUT2D eigenvalue weighted by Crippen LogP contribution is -2.52. The van der Waals surface area contributed by atoms with E-state index in [0.717, 1.165) is 36.1 Å². The van der Waals surface area contributed by atoms with E-state index in [-0.39, 0.29) is 11.6 Å². The van der Waals surface area contributed by atoms with E-state index < -0.39 is 0 Å². The lowest BCUT2D eigenvalue weighted by molar-refractivity contribution is -0.0704. The summed E-state index contributed by atoms with van der Waals surface area (Å²) in [5, 5.41) is 3.45. The van der Waals surface area contributed by atoms with Crippen LogP contribution in [0, 0.1) is 0 Å². The first kappa shape index (κ1) is 18.5. The zero-order valence-corrected chi connectivity index (χ0v) is 15.4. The molecule has 0 heterocycles. The molecule has 0 aliphatic rings. The van der Waals surface area contributed by atoms with Crippen LogP contribution in [0.25, 0.3) is 0 Å². The molecule has 1 unspecified atom stereocenters. The number of methoxy groups -OCH3 is 1. The van der Waals surface area contributed by atoms with Gasteiger partial charge in [-0.15, -0.1) is 0 Å². The highest BCUT2D eigenvalue weighted by Gasteiger charge is 2.36. The molecule has 0 aromatic heterocycles. The minimum atomic E-state index is -0.142. The molecule has 21 heavy (non-hydrogen) atoms. The van der Waals surface area contributed by atoms with Crippen LogP contribution < -0.4 is 10.1 Å². The molecule has 1 aromatic carbocycles. The average Bonchev–Trinajstić information content (AvgIpc) is 2.51. The second-order valence-electron chi connectivity index (χ2n) is 5.21. The Morgan fingerprint density at radius 2 is 1.90 bits per heavy atom. The van der Waals surface area contributed by atoms with Gasteiger partial charge in [0.05, 0.1) is 12.7 Å². The topological polar surface area (TPSA) is 30.5 Å². The summed E-state index contributed by atoms with van der Waals surface area (Å²) >= 11 is 3.55. The first-order valence-corrected chi connectivity index (χ1v) is 8.49. The minimum Gasteiger partial charge on any atom is -0.496 e. The van der Waals surface area contributed by atoms with Crippen LogP contribution in [0.4, 0.5) is 0 Å². The monoisotopic (exact) mass is 357 g/mol. The third-order valence-electron chi connectivity index (χ3n) is 4.28. The summed E-state index contributed by atoms with van der Waals surface area (Å²) in [5.41, 5.74) is 1.05. The van der Waals surface area contributed by atoms with E-state index in [2.05, 4.69) is 48.1 Å². The smallest absolute Gasteiger partial charge is 0.122 e. The molecular weight excluding hydrogens is 330 g/mol. The van der Waals surface area contributed by atoms with E-state index in [0.29, 0.717) is 0 Å². The first-order chi connectivity index (χ1) is 10.1. The van der Waals surface area contributed by atoms with Crippen LogP contribution in [0.3, 0.4) is 0 Å². The van der Waals surface area contributed by atoms with Gasteiger partial charge in [0.2, 0.25) is 0 Å². The summed E-state index contributed by atoms with van der Waals surface area (Å²) in [7, 11) is 3.73. The Labute approximate surface area is 137 Å². The fraction of sp³-hybridized carbons (Fsp3) is 0.647. The molecule has 0 saturated carbocycles. The maximum absolute atomic E-state index is 6.14. The number of hydrogen-bond donors (Lipinski definition) is 1. The lowest BCUT2D eigenvalue weighted by Gasteiger charge is -2.39. The standard InChI is InChI=1S/C17H28BrNO2/c1-6-17(7-2,21-8-3)16(19-4)12-13-11-14(18)9-10-15(13)20-5/h9-11,16,19H,6-8,12H2,1-5H3. The number of rotatable bonds is 9. The Kier molecular flexibility index (Phi) is 7.71. The van der Waals surface area contributed by atoms with Crippen molar-refractivity contribution in [1.82, 2.24) is 5.32 Å². The van der Waals surface area contributed by atoms with Crippen molar-refractivity contribution in [2.75, 3.05) is 20.8 Å². The van der Waals surface area contributed by atoms with E-state index >= 15 is 0 Å². The Hall–Kier alpha value is -0.580. The van der Waals surface area contributed by atoms with Gasteiger partial charge in [-0.25, -0.2) is 0 Å². The first-order valence-electron chi connectivity index (χ1n) is 7.70. The number of likely N-dealkylation sites (N-methyl/N-ethyl adjacent to an activating group) is 1. The van der Waals surface area contributed by atoms with Gasteiger partial charge in [-0.3, -0.25) is 0 Å². The predicted octanol–water partition coefficient (Wildman–Crippen LogP) is 4.18. The molecule has 3 nitrogen and oxygen atoms in total. The summed E-state index contributed by atoms with van der Waals surface area (Å²) in [6, 6.07) is 6.39. The molecule has 1 atom stereocenters. The second kappa shape index (κ2) is 8.76. The highest BCUT2D eigenvalue weighted by atomic mass is 79.9. The third-order valence-corrected chi connectivity index (χ3v) is 4.77. The van der Waals surface area contributed by atoms with E-state index in [1.807, 2.05) is 19.2 Å². The van der Waals surface area contributed by atoms with Crippen molar-refractivity contribution in [1.29, 1.82) is 0 Å². The van der Waals surface area contributed by atoms with Crippen LogP contribution in [0.1, 0.15) is 39.2 Å². The maximum Gasteiger partial charge on any atom is 0.122 e. The highest BCUT2D eigenvalue weighted by Crippen LogP contribution is 2.31. The molecule has 0 aliphatic heterocycles. The van der Waals surface area contributed by atoms with Gasteiger partial charge >= 0.3 is 0 Å². The summed E-state index contributed by atoms with van der Waals surface area (Å²) in [4.78, 5) is 0. The molecule has 0 saturated heterocycles. The quantitative estimate of drug-likeness (QED) is 0.718. The molecule has 0 bridgehead atoms. The maximum atomic E-state index is 6.14. The molecular formula is C17H28BrNO2. The van der Waals surface area contributed by atoms with E-state index in [9.17, 15) is 0 Å². The highest BCUT2D eigenvalue weighted by molar-refractivity contribution is 9.10. The van der Waals surface area contributed by atoms with Gasteiger partial charge in [-0.1, -0.05) is 29.8 Å². The molecule has 1 rings (SSSR count). The van der Waals surface area contributed by atoms with Gasteiger partial charge in [0.1, 0.15) is 5.75 Å². The van der Waals surface area contributed by atoms with Crippen molar-refractivity contribution < 1.29 is 9.47 Å². The van der Waals surface area contributed by atoms with Crippen molar-refractivity contribution in [2.45, 2.75) is 51.7 Å². The predicted molar refractivity (Wildman–Crippen MR) is 92.2 cm³/mol. The van der Waals surface area contributed by atoms with E-state index in [4.69, 9.17) is 9.47 Å². The van der Waals surface area contributed by atoms with Gasteiger partial charge in [0.15, 0.2) is 0 Å². The number of benzene rings is 1. The van der Waals surface area contributed by atoms with Crippen LogP contribution in [-0.2, 0) is 11.2 Å². The van der Waals surface area contributed by atoms with E-state index in [1.165, 1.54) is 5.56 Å². The summed E-state index contributed by atoms with van der Waals surface area (Å²) < 4.78 is 12.7. The zero-order chi connectivity index (χ0) is 15.9. The molecule has 0 radical (unpaired) electrons. The van der Waals surface area contributed by atoms with Crippen LogP contribution >= 0.6 is 15.9 Å². The fourth-order valence-electron chi connectivity index (χ4n) is 3.01. The molecule has 120 valence electrons. The zero-order valence-electron chi connectivity index (χ0n) is 13.8. The van der Waals surface area contributed by atoms with Crippen molar-refractivity contribution in [3.8, 4) is 5.75 Å². The third kappa shape index (κ3) is 4.44. The normalized spacial score (nSPS) is 13.2. The molecule has 0 aliphatic carbocycles. The Balaban J connectivity index is 3.08. The van der Waals surface area contributed by atoms with Gasteiger partial charge < -0.3 is 14.8 Å². The number of hydrogen-bond acceptors (Lipinski definition) is 3. The number of halogens is 1.